The van der Waals surface area contributed by atoms with Gasteiger partial charge in [0.25, 0.3) is 0 Å². The predicted octanol–water partition coefficient (Wildman–Crippen LogP) is 0.993. The highest BCUT2D eigenvalue weighted by Crippen LogP contribution is 2.22. The van der Waals surface area contributed by atoms with E-state index in [2.05, 4.69) is 4.72 Å². The smallest absolute Gasteiger partial charge is 0.243 e. The first-order valence-electron chi connectivity index (χ1n) is 4.27. The predicted molar refractivity (Wildman–Crippen MR) is 53.9 cm³/mol. The van der Waals surface area contributed by atoms with E-state index in [-0.39, 0.29) is 4.90 Å². The standard InChI is InChI=1S/C9H13NO3S/c1-3-13-8-6-4-5-7-9(8)14(11,12)10-2/h4-7,10H,3H2,1-2H3. The van der Waals surface area contributed by atoms with Gasteiger partial charge in [0.15, 0.2) is 0 Å². The van der Waals surface area contributed by atoms with Crippen LogP contribution in [0.2, 0.25) is 0 Å². The third-order valence-corrected chi connectivity index (χ3v) is 3.16. The number of benzene rings is 1. The molecule has 0 unspecified atom stereocenters. The Bertz CT molecular complexity index is 400. The molecule has 0 radical (unpaired) electrons. The number of sulfonamides is 1. The van der Waals surface area contributed by atoms with Crippen LogP contribution in [0.4, 0.5) is 0 Å². The molecule has 14 heavy (non-hydrogen) atoms. The van der Waals surface area contributed by atoms with Gasteiger partial charge in [0, 0.05) is 0 Å². The van der Waals surface area contributed by atoms with Crippen LogP contribution in [0, 0.1) is 0 Å². The quantitative estimate of drug-likeness (QED) is 0.815. The van der Waals surface area contributed by atoms with Crippen molar-refractivity contribution in [2.45, 2.75) is 11.8 Å². The number of hydrogen-bond acceptors (Lipinski definition) is 3. The van der Waals surface area contributed by atoms with E-state index < -0.39 is 10.0 Å². The van der Waals surface area contributed by atoms with Gasteiger partial charge in [0.1, 0.15) is 10.6 Å². The monoisotopic (exact) mass is 215 g/mol. The molecule has 0 amide bonds. The molecule has 1 aromatic carbocycles. The minimum atomic E-state index is -3.43. The highest BCUT2D eigenvalue weighted by atomic mass is 32.2. The van der Waals surface area contributed by atoms with Gasteiger partial charge in [-0.15, -0.1) is 0 Å². The number of ether oxygens (including phenoxy) is 1. The van der Waals surface area contributed by atoms with Gasteiger partial charge in [0.05, 0.1) is 6.61 Å². The van der Waals surface area contributed by atoms with E-state index in [9.17, 15) is 8.42 Å². The summed E-state index contributed by atoms with van der Waals surface area (Å²) in [6.07, 6.45) is 0. The molecule has 0 aromatic heterocycles. The molecule has 0 atom stereocenters. The zero-order valence-electron chi connectivity index (χ0n) is 8.15. The molecule has 0 aliphatic carbocycles. The van der Waals surface area contributed by atoms with E-state index in [4.69, 9.17) is 4.74 Å². The van der Waals surface area contributed by atoms with Crippen molar-refractivity contribution in [3.05, 3.63) is 24.3 Å². The Hall–Kier alpha value is -1.07. The summed E-state index contributed by atoms with van der Waals surface area (Å²) in [5.41, 5.74) is 0. The average Bonchev–Trinajstić information content (AvgIpc) is 2.19. The number of nitrogens with one attached hydrogen (secondary N) is 1. The van der Waals surface area contributed by atoms with E-state index in [1.165, 1.54) is 13.1 Å². The van der Waals surface area contributed by atoms with Gasteiger partial charge in [0.2, 0.25) is 10.0 Å². The van der Waals surface area contributed by atoms with Crippen LogP contribution in [0.25, 0.3) is 0 Å². The lowest BCUT2D eigenvalue weighted by molar-refractivity contribution is 0.331. The second-order valence-corrected chi connectivity index (χ2v) is 4.44. The Morgan fingerprint density at radius 2 is 2.00 bits per heavy atom. The van der Waals surface area contributed by atoms with Crippen molar-refractivity contribution < 1.29 is 13.2 Å². The van der Waals surface area contributed by atoms with Crippen molar-refractivity contribution in [3.63, 3.8) is 0 Å². The number of para-hydroxylation sites is 1. The average molecular weight is 215 g/mol. The lowest BCUT2D eigenvalue weighted by atomic mass is 10.3. The fourth-order valence-electron chi connectivity index (χ4n) is 1.06. The maximum atomic E-state index is 11.5. The minimum Gasteiger partial charge on any atom is -0.492 e. The Kier molecular flexibility index (Phi) is 3.49. The van der Waals surface area contributed by atoms with Crippen LogP contribution in [0.1, 0.15) is 6.92 Å². The molecule has 0 bridgehead atoms. The Labute approximate surface area is 84.0 Å². The first-order chi connectivity index (χ1) is 6.61. The van der Waals surface area contributed by atoms with E-state index in [1.54, 1.807) is 18.2 Å². The van der Waals surface area contributed by atoms with Crippen LogP contribution >= 0.6 is 0 Å². The van der Waals surface area contributed by atoms with Crippen LogP contribution in [0.5, 0.6) is 5.75 Å². The van der Waals surface area contributed by atoms with Crippen molar-refractivity contribution in [1.29, 1.82) is 0 Å². The van der Waals surface area contributed by atoms with Crippen molar-refractivity contribution in [2.75, 3.05) is 13.7 Å². The molecule has 0 heterocycles. The summed E-state index contributed by atoms with van der Waals surface area (Å²) in [4.78, 5) is 0.171. The van der Waals surface area contributed by atoms with Gasteiger partial charge in [-0.2, -0.15) is 0 Å². The summed E-state index contributed by atoms with van der Waals surface area (Å²) in [6, 6.07) is 6.54. The molecule has 78 valence electrons. The third kappa shape index (κ3) is 2.24. The lowest BCUT2D eigenvalue weighted by Gasteiger charge is -2.09. The van der Waals surface area contributed by atoms with Gasteiger partial charge < -0.3 is 4.74 Å². The van der Waals surface area contributed by atoms with Crippen molar-refractivity contribution in [3.8, 4) is 5.75 Å². The van der Waals surface area contributed by atoms with Crippen LogP contribution < -0.4 is 9.46 Å². The summed E-state index contributed by atoms with van der Waals surface area (Å²) in [6.45, 7) is 2.25. The highest BCUT2D eigenvalue weighted by Gasteiger charge is 2.16. The van der Waals surface area contributed by atoms with E-state index in [1.807, 2.05) is 6.92 Å². The summed E-state index contributed by atoms with van der Waals surface area (Å²) >= 11 is 0. The molecule has 0 fully saturated rings. The topological polar surface area (TPSA) is 55.4 Å². The summed E-state index contributed by atoms with van der Waals surface area (Å²) in [7, 11) is -2.05. The summed E-state index contributed by atoms with van der Waals surface area (Å²) < 4.78 is 30.5. The zero-order chi connectivity index (χ0) is 10.6. The van der Waals surface area contributed by atoms with Gasteiger partial charge in [-0.1, -0.05) is 12.1 Å². The molecule has 1 N–H and O–H groups in total. The Morgan fingerprint density at radius 1 is 1.36 bits per heavy atom. The highest BCUT2D eigenvalue weighted by molar-refractivity contribution is 7.89. The molecule has 4 nitrogen and oxygen atoms in total. The Morgan fingerprint density at radius 3 is 2.57 bits per heavy atom. The molecule has 0 aliphatic rings. The van der Waals surface area contributed by atoms with Crippen LogP contribution in [0.3, 0.4) is 0 Å². The fraction of sp³-hybridized carbons (Fsp3) is 0.333. The molecular formula is C9H13NO3S. The number of rotatable bonds is 4. The molecule has 0 saturated heterocycles. The van der Waals surface area contributed by atoms with Crippen molar-refractivity contribution >= 4 is 10.0 Å². The maximum absolute atomic E-state index is 11.5. The second kappa shape index (κ2) is 4.43. The van der Waals surface area contributed by atoms with Gasteiger partial charge in [-0.3, -0.25) is 0 Å². The molecular weight excluding hydrogens is 202 g/mol. The second-order valence-electron chi connectivity index (χ2n) is 2.59. The van der Waals surface area contributed by atoms with Gasteiger partial charge >= 0.3 is 0 Å². The largest absolute Gasteiger partial charge is 0.492 e. The lowest BCUT2D eigenvalue weighted by Crippen LogP contribution is -2.19. The summed E-state index contributed by atoms with van der Waals surface area (Å²) in [5.74, 6) is 0.379. The normalized spacial score (nSPS) is 11.3. The molecule has 1 rings (SSSR count). The van der Waals surface area contributed by atoms with Crippen LogP contribution in [-0.2, 0) is 10.0 Å². The van der Waals surface area contributed by atoms with E-state index in [0.717, 1.165) is 0 Å². The minimum absolute atomic E-state index is 0.171. The first kappa shape index (κ1) is 11.0. The SMILES string of the molecule is CCOc1ccccc1S(=O)(=O)NC. The molecule has 0 spiro atoms. The molecule has 5 heteroatoms. The summed E-state index contributed by atoms with van der Waals surface area (Å²) in [5, 5.41) is 0. The van der Waals surface area contributed by atoms with E-state index >= 15 is 0 Å². The molecule has 0 aliphatic heterocycles. The third-order valence-electron chi connectivity index (χ3n) is 1.71. The molecule has 1 aromatic rings. The van der Waals surface area contributed by atoms with Crippen LogP contribution in [-0.4, -0.2) is 22.1 Å². The number of hydrogen-bond donors (Lipinski definition) is 1. The van der Waals surface area contributed by atoms with Crippen molar-refractivity contribution in [2.24, 2.45) is 0 Å². The maximum Gasteiger partial charge on any atom is 0.243 e. The van der Waals surface area contributed by atoms with Gasteiger partial charge in [-0.25, -0.2) is 13.1 Å². The zero-order valence-corrected chi connectivity index (χ0v) is 8.97. The van der Waals surface area contributed by atoms with Gasteiger partial charge in [-0.05, 0) is 26.1 Å². The molecule has 0 saturated carbocycles. The van der Waals surface area contributed by atoms with Crippen LogP contribution in [0.15, 0.2) is 29.2 Å². The van der Waals surface area contributed by atoms with Crippen molar-refractivity contribution in [1.82, 2.24) is 4.72 Å². The Balaban J connectivity index is 3.20. The fourth-order valence-corrected chi connectivity index (χ4v) is 1.93. The van der Waals surface area contributed by atoms with E-state index in [0.29, 0.717) is 12.4 Å². The first-order valence-corrected chi connectivity index (χ1v) is 5.75.